The number of amides is 1. The van der Waals surface area contributed by atoms with Gasteiger partial charge in [0.2, 0.25) is 5.91 Å². The van der Waals surface area contributed by atoms with Gasteiger partial charge in [0.1, 0.15) is 10.6 Å². The summed E-state index contributed by atoms with van der Waals surface area (Å²) in [6.07, 6.45) is 0.172. The molecule has 28 heavy (non-hydrogen) atoms. The molecule has 0 aliphatic carbocycles. The second-order valence-electron chi connectivity index (χ2n) is 6.81. The van der Waals surface area contributed by atoms with Gasteiger partial charge in [0.15, 0.2) is 0 Å². The van der Waals surface area contributed by atoms with E-state index in [1.54, 1.807) is 0 Å². The first-order valence-electron chi connectivity index (χ1n) is 9.02. The quantitative estimate of drug-likeness (QED) is 0.674. The number of carbonyl (C=O) groups excluding carboxylic acids is 2. The molecule has 1 saturated heterocycles. The van der Waals surface area contributed by atoms with E-state index in [1.165, 1.54) is 18.4 Å². The number of hydrogen-bond donors (Lipinski definition) is 1. The smallest absolute Gasteiger partial charge is 0.341 e. The Morgan fingerprint density at radius 2 is 1.89 bits per heavy atom. The van der Waals surface area contributed by atoms with Crippen molar-refractivity contribution >= 4 is 44.1 Å². The van der Waals surface area contributed by atoms with Crippen molar-refractivity contribution in [3.63, 3.8) is 0 Å². The zero-order valence-electron chi connectivity index (χ0n) is 16.0. The van der Waals surface area contributed by atoms with E-state index in [9.17, 15) is 9.59 Å². The van der Waals surface area contributed by atoms with Gasteiger partial charge in [-0.1, -0.05) is 30.3 Å². The Morgan fingerprint density at radius 3 is 2.50 bits per heavy atom. The predicted octanol–water partition coefficient (Wildman–Crippen LogP) is 4.01. The molecule has 2 heterocycles. The first-order valence-corrected chi connectivity index (χ1v) is 10.6. The van der Waals surface area contributed by atoms with Crippen molar-refractivity contribution in [1.29, 1.82) is 0 Å². The summed E-state index contributed by atoms with van der Waals surface area (Å²) in [7, 11) is 1.34. The third-order valence-corrected chi connectivity index (χ3v) is 6.21. The minimum absolute atomic E-state index is 0.0859. The molecular formula is C20H23BrN2O4S. The van der Waals surface area contributed by atoms with Crippen LogP contribution in [0.2, 0.25) is 0 Å². The van der Waals surface area contributed by atoms with Gasteiger partial charge in [-0.2, -0.15) is 0 Å². The number of nitrogens with zero attached hydrogens (tertiary/aromatic N) is 1. The van der Waals surface area contributed by atoms with E-state index in [2.05, 4.69) is 26.1 Å². The van der Waals surface area contributed by atoms with Crippen molar-refractivity contribution in [1.82, 2.24) is 4.90 Å². The number of halogens is 1. The summed E-state index contributed by atoms with van der Waals surface area (Å²) in [5.74, 6) is -0.649. The van der Waals surface area contributed by atoms with E-state index in [1.807, 2.05) is 44.2 Å². The lowest BCUT2D eigenvalue weighted by Gasteiger charge is -2.34. The highest BCUT2D eigenvalue weighted by Crippen LogP contribution is 2.44. The SMILES string of the molecule is COC(=O)c1c(NC(=O)CN2C[C@H](C)O[C@@H](C)C2)sc(Br)c1-c1ccccc1. The monoisotopic (exact) mass is 466 g/mol. The molecule has 0 spiro atoms. The average molecular weight is 467 g/mol. The Labute approximate surface area is 176 Å². The third-order valence-electron chi connectivity index (χ3n) is 4.43. The van der Waals surface area contributed by atoms with Crippen LogP contribution < -0.4 is 5.32 Å². The molecule has 1 aromatic heterocycles. The summed E-state index contributed by atoms with van der Waals surface area (Å²) >= 11 is 4.85. The van der Waals surface area contributed by atoms with Gasteiger partial charge in [-0.05, 0) is 35.3 Å². The number of benzene rings is 1. The van der Waals surface area contributed by atoms with Crippen molar-refractivity contribution in [2.75, 3.05) is 32.1 Å². The highest BCUT2D eigenvalue weighted by Gasteiger charge is 2.27. The lowest BCUT2D eigenvalue weighted by molar-refractivity contribution is -0.121. The normalized spacial score (nSPS) is 20.0. The molecule has 6 nitrogen and oxygen atoms in total. The Balaban J connectivity index is 1.83. The van der Waals surface area contributed by atoms with Crippen LogP contribution in [0.25, 0.3) is 11.1 Å². The van der Waals surface area contributed by atoms with Crippen LogP contribution in [0.15, 0.2) is 34.1 Å². The van der Waals surface area contributed by atoms with Crippen LogP contribution in [0.3, 0.4) is 0 Å². The number of morpholine rings is 1. The van der Waals surface area contributed by atoms with E-state index in [0.29, 0.717) is 23.7 Å². The van der Waals surface area contributed by atoms with E-state index in [4.69, 9.17) is 9.47 Å². The molecule has 2 aromatic rings. The second kappa shape index (κ2) is 9.17. The molecule has 8 heteroatoms. The van der Waals surface area contributed by atoms with Gasteiger partial charge in [0.05, 0.1) is 29.6 Å². The summed E-state index contributed by atoms with van der Waals surface area (Å²) in [4.78, 5) is 27.2. The fourth-order valence-corrected chi connectivity index (χ4v) is 5.30. The number of hydrogen-bond acceptors (Lipinski definition) is 6. The Morgan fingerprint density at radius 1 is 1.25 bits per heavy atom. The molecular weight excluding hydrogens is 444 g/mol. The Kier molecular flexibility index (Phi) is 6.87. The van der Waals surface area contributed by atoms with Gasteiger partial charge in [-0.15, -0.1) is 11.3 Å². The van der Waals surface area contributed by atoms with Crippen molar-refractivity contribution < 1.29 is 19.1 Å². The molecule has 3 rings (SSSR count). The molecule has 1 aromatic carbocycles. The molecule has 1 aliphatic rings. The standard InChI is InChI=1S/C20H23BrN2O4S/c1-12-9-23(10-13(2)27-12)11-15(24)22-19-17(20(25)26-3)16(18(21)28-19)14-7-5-4-6-8-14/h4-8,12-13H,9-11H2,1-3H3,(H,22,24)/t12-,13-/m0/s1. The summed E-state index contributed by atoms with van der Waals surface area (Å²) < 4.78 is 11.5. The minimum Gasteiger partial charge on any atom is -0.465 e. The van der Waals surface area contributed by atoms with E-state index < -0.39 is 5.97 Å². The maximum absolute atomic E-state index is 12.7. The van der Waals surface area contributed by atoms with Gasteiger partial charge >= 0.3 is 5.97 Å². The van der Waals surface area contributed by atoms with Crippen molar-refractivity contribution in [2.24, 2.45) is 0 Å². The van der Waals surface area contributed by atoms with Crippen molar-refractivity contribution in [3.05, 3.63) is 39.7 Å². The number of carbonyl (C=O) groups is 2. The second-order valence-corrected chi connectivity index (χ2v) is 9.15. The van der Waals surface area contributed by atoms with Gasteiger partial charge in [-0.25, -0.2) is 4.79 Å². The number of methoxy groups -OCH3 is 1. The number of rotatable bonds is 5. The van der Waals surface area contributed by atoms with Crippen molar-refractivity contribution in [2.45, 2.75) is 26.1 Å². The largest absolute Gasteiger partial charge is 0.465 e. The topological polar surface area (TPSA) is 67.9 Å². The number of ether oxygens (including phenoxy) is 2. The molecule has 2 atom stereocenters. The van der Waals surface area contributed by atoms with Crippen LogP contribution in [0.4, 0.5) is 5.00 Å². The predicted molar refractivity (Wildman–Crippen MR) is 114 cm³/mol. The molecule has 0 bridgehead atoms. The number of anilines is 1. The first-order chi connectivity index (χ1) is 13.4. The van der Waals surface area contributed by atoms with Crippen molar-refractivity contribution in [3.8, 4) is 11.1 Å². The van der Waals surface area contributed by atoms with E-state index >= 15 is 0 Å². The molecule has 1 N–H and O–H groups in total. The van der Waals surface area contributed by atoms with E-state index in [0.717, 1.165) is 14.9 Å². The average Bonchev–Trinajstić information content (AvgIpc) is 2.96. The van der Waals surface area contributed by atoms with Gasteiger partial charge in [-0.3, -0.25) is 9.69 Å². The first kappa shape index (κ1) is 21.0. The van der Waals surface area contributed by atoms with Crippen LogP contribution >= 0.6 is 27.3 Å². The zero-order valence-corrected chi connectivity index (χ0v) is 18.4. The summed E-state index contributed by atoms with van der Waals surface area (Å²) in [6, 6.07) is 9.55. The molecule has 0 saturated carbocycles. The summed E-state index contributed by atoms with van der Waals surface area (Å²) in [5, 5.41) is 3.38. The maximum atomic E-state index is 12.7. The van der Waals surface area contributed by atoms with Gasteiger partial charge in [0, 0.05) is 18.7 Å². The highest BCUT2D eigenvalue weighted by molar-refractivity contribution is 9.11. The van der Waals surface area contributed by atoms with Crippen LogP contribution in [0.1, 0.15) is 24.2 Å². The minimum atomic E-state index is -0.482. The molecule has 0 radical (unpaired) electrons. The maximum Gasteiger partial charge on any atom is 0.341 e. The van der Waals surface area contributed by atoms with E-state index in [-0.39, 0.29) is 24.7 Å². The van der Waals surface area contributed by atoms with Crippen LogP contribution in [0.5, 0.6) is 0 Å². The Bertz CT molecular complexity index is 845. The van der Waals surface area contributed by atoms with Gasteiger partial charge in [0.25, 0.3) is 0 Å². The molecule has 150 valence electrons. The van der Waals surface area contributed by atoms with Gasteiger partial charge < -0.3 is 14.8 Å². The number of thiophene rings is 1. The Hall–Kier alpha value is -1.74. The number of nitrogens with one attached hydrogen (secondary N) is 1. The highest BCUT2D eigenvalue weighted by atomic mass is 79.9. The summed E-state index contributed by atoms with van der Waals surface area (Å²) in [6.45, 7) is 5.64. The van der Waals surface area contributed by atoms with Crippen LogP contribution in [-0.2, 0) is 14.3 Å². The lowest BCUT2D eigenvalue weighted by Crippen LogP contribution is -2.48. The molecule has 1 aliphatic heterocycles. The summed E-state index contributed by atoms with van der Waals surface area (Å²) in [5.41, 5.74) is 1.96. The molecule has 0 unspecified atom stereocenters. The molecule has 1 fully saturated rings. The van der Waals surface area contributed by atoms with Crippen LogP contribution in [0, 0.1) is 0 Å². The molecule has 1 amide bonds. The zero-order chi connectivity index (χ0) is 20.3. The fourth-order valence-electron chi connectivity index (χ4n) is 3.43. The lowest BCUT2D eigenvalue weighted by atomic mass is 10.0. The van der Waals surface area contributed by atoms with Crippen LogP contribution in [-0.4, -0.2) is 55.7 Å². The third kappa shape index (κ3) is 4.81. The number of esters is 1. The fraction of sp³-hybridized carbons (Fsp3) is 0.400.